The molecule has 0 aliphatic rings. The molecule has 0 spiro atoms. The molecule has 3 N–H and O–H groups in total. The van der Waals surface area contributed by atoms with Gasteiger partial charge in [0.05, 0.1) is 5.60 Å². The van der Waals surface area contributed by atoms with Gasteiger partial charge in [0.2, 0.25) is 0 Å². The number of phenols is 2. The van der Waals surface area contributed by atoms with E-state index < -0.39 is 5.60 Å². The summed E-state index contributed by atoms with van der Waals surface area (Å²) in [5.74, 6) is 2.97. The average molecular weight is 477 g/mol. The van der Waals surface area contributed by atoms with Crippen LogP contribution in [-0.4, -0.2) is 20.9 Å². The van der Waals surface area contributed by atoms with E-state index in [2.05, 4.69) is 34.6 Å². The second-order valence-corrected chi connectivity index (χ2v) is 12.0. The standard InChI is InChI=1S/C31H56O3/c1-9-13-27-28(30(33)26(7)25(6)29(27)32)19-21-31(8,34)20-12-18-24(5)17-11-16-23(4)15-10-14-22(2)3/h22-24,32-34H,9-21H2,1-8H3/t23-,24-,31-/m1/s1. The van der Waals surface area contributed by atoms with Crippen LogP contribution >= 0.6 is 0 Å². The quantitative estimate of drug-likeness (QED) is 0.197. The van der Waals surface area contributed by atoms with Crippen LogP contribution < -0.4 is 0 Å². The van der Waals surface area contributed by atoms with Crippen LogP contribution in [0.1, 0.15) is 134 Å². The van der Waals surface area contributed by atoms with Gasteiger partial charge in [-0.1, -0.05) is 92.4 Å². The summed E-state index contributed by atoms with van der Waals surface area (Å²) >= 11 is 0. The van der Waals surface area contributed by atoms with E-state index >= 15 is 0 Å². The molecule has 0 unspecified atom stereocenters. The zero-order valence-corrected chi connectivity index (χ0v) is 23.8. The van der Waals surface area contributed by atoms with E-state index in [0.29, 0.717) is 30.3 Å². The second kappa shape index (κ2) is 15.0. The molecule has 3 atom stereocenters. The van der Waals surface area contributed by atoms with Crippen LogP contribution in [0.15, 0.2) is 0 Å². The van der Waals surface area contributed by atoms with E-state index in [0.717, 1.165) is 66.2 Å². The largest absolute Gasteiger partial charge is 0.507 e. The van der Waals surface area contributed by atoms with Crippen LogP contribution in [-0.2, 0) is 12.8 Å². The molecule has 1 rings (SSSR count). The highest BCUT2D eigenvalue weighted by Crippen LogP contribution is 2.39. The first-order valence-electron chi connectivity index (χ1n) is 14.1. The van der Waals surface area contributed by atoms with Crippen molar-refractivity contribution >= 4 is 0 Å². The van der Waals surface area contributed by atoms with Crippen molar-refractivity contribution in [2.75, 3.05) is 0 Å². The summed E-state index contributed by atoms with van der Waals surface area (Å²) in [6.07, 6.45) is 13.8. The monoisotopic (exact) mass is 476 g/mol. The summed E-state index contributed by atoms with van der Waals surface area (Å²) in [6.45, 7) is 17.1. The molecule has 0 aromatic heterocycles. The molecular formula is C31H56O3. The first-order valence-corrected chi connectivity index (χ1v) is 14.1. The molecule has 0 aliphatic heterocycles. The van der Waals surface area contributed by atoms with Gasteiger partial charge >= 0.3 is 0 Å². The second-order valence-electron chi connectivity index (χ2n) is 12.0. The molecule has 1 aromatic carbocycles. The summed E-state index contributed by atoms with van der Waals surface area (Å²) < 4.78 is 0. The van der Waals surface area contributed by atoms with Crippen LogP contribution in [0.4, 0.5) is 0 Å². The van der Waals surface area contributed by atoms with Crippen LogP contribution in [0, 0.1) is 31.6 Å². The molecule has 0 fully saturated rings. The minimum Gasteiger partial charge on any atom is -0.507 e. The molecule has 198 valence electrons. The molecule has 1 aromatic rings. The summed E-state index contributed by atoms with van der Waals surface area (Å²) in [7, 11) is 0. The first kappa shape index (κ1) is 30.8. The van der Waals surface area contributed by atoms with Crippen molar-refractivity contribution in [3.63, 3.8) is 0 Å². The Labute approximate surface area is 211 Å². The molecular weight excluding hydrogens is 420 g/mol. The highest BCUT2D eigenvalue weighted by Gasteiger charge is 2.24. The van der Waals surface area contributed by atoms with Gasteiger partial charge in [0, 0.05) is 11.1 Å². The maximum absolute atomic E-state index is 11.0. The number of aromatic hydroxyl groups is 2. The zero-order chi connectivity index (χ0) is 25.9. The van der Waals surface area contributed by atoms with Crippen LogP contribution in [0.25, 0.3) is 0 Å². The van der Waals surface area contributed by atoms with E-state index in [4.69, 9.17) is 0 Å². The lowest BCUT2D eigenvalue weighted by atomic mass is 9.85. The van der Waals surface area contributed by atoms with Gasteiger partial charge in [0.1, 0.15) is 11.5 Å². The van der Waals surface area contributed by atoms with Crippen molar-refractivity contribution in [2.45, 2.75) is 144 Å². The van der Waals surface area contributed by atoms with Gasteiger partial charge < -0.3 is 15.3 Å². The van der Waals surface area contributed by atoms with Crippen molar-refractivity contribution in [1.29, 1.82) is 0 Å². The molecule has 3 heteroatoms. The van der Waals surface area contributed by atoms with Gasteiger partial charge in [-0.3, -0.25) is 0 Å². The highest BCUT2D eigenvalue weighted by atomic mass is 16.3. The van der Waals surface area contributed by atoms with E-state index in [1.807, 2.05) is 20.8 Å². The van der Waals surface area contributed by atoms with Crippen molar-refractivity contribution in [1.82, 2.24) is 0 Å². The van der Waals surface area contributed by atoms with Crippen molar-refractivity contribution < 1.29 is 15.3 Å². The van der Waals surface area contributed by atoms with E-state index in [1.54, 1.807) is 0 Å². The minimum absolute atomic E-state index is 0.293. The lowest BCUT2D eigenvalue weighted by molar-refractivity contribution is 0.0384. The normalized spacial score (nSPS) is 15.5. The fraction of sp³-hybridized carbons (Fsp3) is 0.806. The number of hydrogen-bond donors (Lipinski definition) is 3. The van der Waals surface area contributed by atoms with Gasteiger partial charge in [0.25, 0.3) is 0 Å². The van der Waals surface area contributed by atoms with E-state index in [-0.39, 0.29) is 0 Å². The predicted molar refractivity (Wildman–Crippen MR) is 147 cm³/mol. The summed E-state index contributed by atoms with van der Waals surface area (Å²) in [5.41, 5.74) is 2.42. The van der Waals surface area contributed by atoms with Gasteiger partial charge in [-0.15, -0.1) is 0 Å². The van der Waals surface area contributed by atoms with Crippen molar-refractivity contribution in [3.8, 4) is 11.5 Å². The first-order chi connectivity index (χ1) is 15.9. The Kier molecular flexibility index (Phi) is 13.6. The molecule has 0 radical (unpaired) electrons. The van der Waals surface area contributed by atoms with Crippen LogP contribution in [0.2, 0.25) is 0 Å². The minimum atomic E-state index is -0.755. The number of phenolic OH excluding ortho intramolecular Hbond substituents is 2. The Bertz CT molecular complexity index is 720. The molecule has 0 heterocycles. The fourth-order valence-corrected chi connectivity index (χ4v) is 5.21. The molecule has 34 heavy (non-hydrogen) atoms. The Hall–Kier alpha value is -1.22. The van der Waals surface area contributed by atoms with Crippen LogP contribution in [0.3, 0.4) is 0 Å². The molecule has 3 nitrogen and oxygen atoms in total. The zero-order valence-electron chi connectivity index (χ0n) is 23.8. The molecule has 0 saturated carbocycles. The molecule has 0 saturated heterocycles. The topological polar surface area (TPSA) is 60.7 Å². The molecule has 0 amide bonds. The van der Waals surface area contributed by atoms with E-state index in [9.17, 15) is 15.3 Å². The number of benzene rings is 1. The van der Waals surface area contributed by atoms with Gasteiger partial charge in [-0.25, -0.2) is 0 Å². The maximum atomic E-state index is 11.0. The third-order valence-electron chi connectivity index (χ3n) is 7.91. The SMILES string of the molecule is CCCc1c(O)c(C)c(C)c(O)c1CC[C@](C)(O)CCC[C@H](C)CCC[C@H](C)CCCC(C)C. The molecule has 0 aliphatic carbocycles. The van der Waals surface area contributed by atoms with Gasteiger partial charge in [-0.05, 0) is 75.3 Å². The Morgan fingerprint density at radius 3 is 1.59 bits per heavy atom. The Balaban J connectivity index is 2.46. The van der Waals surface area contributed by atoms with E-state index in [1.165, 1.54) is 38.5 Å². The fourth-order valence-electron chi connectivity index (χ4n) is 5.21. The van der Waals surface area contributed by atoms with Crippen molar-refractivity contribution in [2.24, 2.45) is 17.8 Å². The number of aliphatic hydroxyl groups is 1. The summed E-state index contributed by atoms with van der Waals surface area (Å²) in [5, 5.41) is 32.4. The smallest absolute Gasteiger partial charge is 0.122 e. The number of hydrogen-bond acceptors (Lipinski definition) is 3. The number of rotatable bonds is 17. The van der Waals surface area contributed by atoms with Crippen molar-refractivity contribution in [3.05, 3.63) is 22.3 Å². The third-order valence-corrected chi connectivity index (χ3v) is 7.91. The average Bonchev–Trinajstić information content (AvgIpc) is 2.75. The van der Waals surface area contributed by atoms with Gasteiger partial charge in [0.15, 0.2) is 0 Å². The lowest BCUT2D eigenvalue weighted by Gasteiger charge is -2.26. The highest BCUT2D eigenvalue weighted by molar-refractivity contribution is 5.57. The third kappa shape index (κ3) is 10.6. The summed E-state index contributed by atoms with van der Waals surface area (Å²) in [4.78, 5) is 0. The lowest BCUT2D eigenvalue weighted by Crippen LogP contribution is -2.25. The Morgan fingerprint density at radius 2 is 1.12 bits per heavy atom. The summed E-state index contributed by atoms with van der Waals surface area (Å²) in [6, 6.07) is 0. The molecule has 0 bridgehead atoms. The maximum Gasteiger partial charge on any atom is 0.122 e. The van der Waals surface area contributed by atoms with Gasteiger partial charge in [-0.2, -0.15) is 0 Å². The van der Waals surface area contributed by atoms with Crippen LogP contribution in [0.5, 0.6) is 11.5 Å². The Morgan fingerprint density at radius 1 is 0.676 bits per heavy atom. The predicted octanol–water partition coefficient (Wildman–Crippen LogP) is 8.79.